The van der Waals surface area contributed by atoms with Gasteiger partial charge in [0.05, 0.1) is 7.11 Å². The van der Waals surface area contributed by atoms with Gasteiger partial charge in [-0.1, -0.05) is 19.9 Å². The summed E-state index contributed by atoms with van der Waals surface area (Å²) in [5.41, 5.74) is 1.46. The van der Waals surface area contributed by atoms with Gasteiger partial charge in [-0.25, -0.2) is 0 Å². The maximum absolute atomic E-state index is 11.8. The van der Waals surface area contributed by atoms with Crippen LogP contribution in [0.4, 0.5) is 0 Å². The van der Waals surface area contributed by atoms with Gasteiger partial charge >= 0.3 is 5.97 Å². The fraction of sp³-hybridized carbons (Fsp3) is 0.562. The van der Waals surface area contributed by atoms with Gasteiger partial charge in [0.2, 0.25) is 0 Å². The van der Waals surface area contributed by atoms with Gasteiger partial charge in [0, 0.05) is 6.42 Å². The van der Waals surface area contributed by atoms with Crippen molar-refractivity contribution in [3.05, 3.63) is 29.3 Å². The predicted molar refractivity (Wildman–Crippen MR) is 78.2 cm³/mol. The van der Waals surface area contributed by atoms with Crippen molar-refractivity contribution in [2.24, 2.45) is 5.92 Å². The van der Waals surface area contributed by atoms with Gasteiger partial charge in [0.1, 0.15) is 11.3 Å². The summed E-state index contributed by atoms with van der Waals surface area (Å²) in [5, 5.41) is 12.9. The van der Waals surface area contributed by atoms with Crippen molar-refractivity contribution >= 4 is 5.97 Å². The van der Waals surface area contributed by atoms with E-state index in [1.165, 1.54) is 5.56 Å². The van der Waals surface area contributed by atoms with Crippen LogP contribution in [0.15, 0.2) is 18.2 Å². The fourth-order valence-electron chi connectivity index (χ4n) is 2.71. The quantitative estimate of drug-likeness (QED) is 0.866. The largest absolute Gasteiger partial charge is 0.497 e. The van der Waals surface area contributed by atoms with Crippen LogP contribution in [0.5, 0.6) is 5.75 Å². The topological polar surface area (TPSA) is 58.6 Å². The third kappa shape index (κ3) is 2.96. The first-order chi connectivity index (χ1) is 9.47. The monoisotopic (exact) mass is 277 g/mol. The van der Waals surface area contributed by atoms with Crippen molar-refractivity contribution in [3.63, 3.8) is 0 Å². The van der Waals surface area contributed by atoms with Crippen molar-refractivity contribution in [2.75, 3.05) is 13.7 Å². The lowest BCUT2D eigenvalue weighted by Gasteiger charge is -2.36. The molecule has 4 heteroatoms. The Bertz CT molecular complexity index is 498. The van der Waals surface area contributed by atoms with Gasteiger partial charge in [0.25, 0.3) is 0 Å². The molecule has 2 rings (SSSR count). The Kier molecular flexibility index (Phi) is 4.33. The van der Waals surface area contributed by atoms with Gasteiger partial charge in [-0.15, -0.1) is 0 Å². The molecular weight excluding hydrogens is 254 g/mol. The Morgan fingerprint density at radius 2 is 2.20 bits per heavy atom. The van der Waals surface area contributed by atoms with Crippen LogP contribution in [0, 0.1) is 5.92 Å². The zero-order valence-corrected chi connectivity index (χ0v) is 12.4. The van der Waals surface area contributed by atoms with Crippen molar-refractivity contribution in [1.82, 2.24) is 5.32 Å². The molecule has 0 amide bonds. The molecule has 0 saturated heterocycles. The second-order valence-corrected chi connectivity index (χ2v) is 5.97. The highest BCUT2D eigenvalue weighted by molar-refractivity contribution is 5.80. The van der Waals surface area contributed by atoms with E-state index in [1.807, 2.05) is 18.2 Å². The number of hydrogen-bond donors (Lipinski definition) is 2. The Morgan fingerprint density at radius 3 is 2.80 bits per heavy atom. The van der Waals surface area contributed by atoms with Gasteiger partial charge in [0.15, 0.2) is 0 Å². The average molecular weight is 277 g/mol. The summed E-state index contributed by atoms with van der Waals surface area (Å²) in [6.07, 6.45) is 1.94. The van der Waals surface area contributed by atoms with Gasteiger partial charge < -0.3 is 15.2 Å². The van der Waals surface area contributed by atoms with Crippen LogP contribution in [0.1, 0.15) is 31.4 Å². The van der Waals surface area contributed by atoms with E-state index in [4.69, 9.17) is 4.74 Å². The van der Waals surface area contributed by atoms with Crippen molar-refractivity contribution in [2.45, 2.75) is 38.6 Å². The highest BCUT2D eigenvalue weighted by atomic mass is 16.5. The SMILES string of the molecule is COc1ccc2c(c1)CC(NCC(C)C)(C(=O)O)CC2. The van der Waals surface area contributed by atoms with Crippen LogP contribution >= 0.6 is 0 Å². The number of fused-ring (bicyclic) bond motifs is 1. The maximum Gasteiger partial charge on any atom is 0.324 e. The van der Waals surface area contributed by atoms with Crippen molar-refractivity contribution in [3.8, 4) is 5.75 Å². The molecule has 4 nitrogen and oxygen atoms in total. The van der Waals surface area contributed by atoms with E-state index in [0.717, 1.165) is 17.7 Å². The lowest BCUT2D eigenvalue weighted by atomic mass is 9.77. The molecule has 1 aromatic carbocycles. The first-order valence-electron chi connectivity index (χ1n) is 7.11. The number of aryl methyl sites for hydroxylation is 1. The maximum atomic E-state index is 11.8. The fourth-order valence-corrected chi connectivity index (χ4v) is 2.71. The molecule has 2 N–H and O–H groups in total. The van der Waals surface area contributed by atoms with E-state index < -0.39 is 11.5 Å². The average Bonchev–Trinajstić information content (AvgIpc) is 2.43. The molecule has 0 spiro atoms. The number of aliphatic carboxylic acids is 1. The second kappa shape index (κ2) is 5.83. The van der Waals surface area contributed by atoms with E-state index in [-0.39, 0.29) is 0 Å². The number of nitrogens with one attached hydrogen (secondary N) is 1. The van der Waals surface area contributed by atoms with Crippen LogP contribution in [0.3, 0.4) is 0 Å². The lowest BCUT2D eigenvalue weighted by Crippen LogP contribution is -2.56. The summed E-state index contributed by atoms with van der Waals surface area (Å²) >= 11 is 0. The second-order valence-electron chi connectivity index (χ2n) is 5.97. The molecule has 1 aliphatic carbocycles. The number of carbonyl (C=O) groups is 1. The van der Waals surface area contributed by atoms with Gasteiger partial charge in [-0.05, 0) is 48.6 Å². The van der Waals surface area contributed by atoms with E-state index in [0.29, 0.717) is 25.3 Å². The number of benzene rings is 1. The zero-order chi connectivity index (χ0) is 14.8. The summed E-state index contributed by atoms with van der Waals surface area (Å²) in [4.78, 5) is 11.8. The lowest BCUT2D eigenvalue weighted by molar-refractivity contribution is -0.145. The van der Waals surface area contributed by atoms with Crippen LogP contribution in [0.2, 0.25) is 0 Å². The van der Waals surface area contributed by atoms with Crippen LogP contribution in [-0.4, -0.2) is 30.3 Å². The Balaban J connectivity index is 2.26. The molecule has 0 heterocycles. The highest BCUT2D eigenvalue weighted by Crippen LogP contribution is 2.31. The summed E-state index contributed by atoms with van der Waals surface area (Å²) in [7, 11) is 1.63. The van der Waals surface area contributed by atoms with E-state index in [9.17, 15) is 9.90 Å². The molecule has 0 saturated carbocycles. The molecule has 110 valence electrons. The molecule has 1 aliphatic rings. The molecule has 0 fully saturated rings. The van der Waals surface area contributed by atoms with E-state index in [1.54, 1.807) is 7.11 Å². The van der Waals surface area contributed by atoms with Crippen molar-refractivity contribution in [1.29, 1.82) is 0 Å². The summed E-state index contributed by atoms with van der Waals surface area (Å²) in [6.45, 7) is 4.89. The standard InChI is InChI=1S/C16H23NO3/c1-11(2)10-17-16(15(18)19)7-6-12-4-5-14(20-3)8-13(12)9-16/h4-5,8,11,17H,6-7,9-10H2,1-3H3,(H,18,19). The molecule has 0 aromatic heterocycles. The molecule has 0 radical (unpaired) electrons. The van der Waals surface area contributed by atoms with Gasteiger partial charge in [-0.3, -0.25) is 4.79 Å². The number of methoxy groups -OCH3 is 1. The molecule has 0 aliphatic heterocycles. The predicted octanol–water partition coefficient (Wildman–Crippen LogP) is 2.25. The van der Waals surface area contributed by atoms with Crippen LogP contribution in [-0.2, 0) is 17.6 Å². The summed E-state index contributed by atoms with van der Waals surface area (Å²) in [5.74, 6) is 0.457. The third-order valence-corrected chi connectivity index (χ3v) is 3.98. The smallest absolute Gasteiger partial charge is 0.324 e. The molecule has 1 atom stereocenters. The minimum atomic E-state index is -0.844. The zero-order valence-electron chi connectivity index (χ0n) is 12.4. The Morgan fingerprint density at radius 1 is 1.45 bits per heavy atom. The van der Waals surface area contributed by atoms with Crippen LogP contribution in [0.25, 0.3) is 0 Å². The first-order valence-corrected chi connectivity index (χ1v) is 7.11. The van der Waals surface area contributed by atoms with E-state index in [2.05, 4.69) is 19.2 Å². The number of ether oxygens (including phenoxy) is 1. The third-order valence-electron chi connectivity index (χ3n) is 3.98. The molecule has 1 aromatic rings. The number of hydrogen-bond acceptors (Lipinski definition) is 3. The molecule has 0 bridgehead atoms. The van der Waals surface area contributed by atoms with Crippen LogP contribution < -0.4 is 10.1 Å². The van der Waals surface area contributed by atoms with Crippen molar-refractivity contribution < 1.29 is 14.6 Å². The highest BCUT2D eigenvalue weighted by Gasteiger charge is 2.41. The molecule has 1 unspecified atom stereocenters. The summed E-state index contributed by atoms with van der Waals surface area (Å²) < 4.78 is 5.24. The minimum absolute atomic E-state index is 0.429. The number of carboxylic acids is 1. The summed E-state index contributed by atoms with van der Waals surface area (Å²) in [6, 6.07) is 5.94. The van der Waals surface area contributed by atoms with E-state index >= 15 is 0 Å². The minimum Gasteiger partial charge on any atom is -0.497 e. The molecule has 20 heavy (non-hydrogen) atoms. The Labute approximate surface area is 120 Å². The van der Waals surface area contributed by atoms with Gasteiger partial charge in [-0.2, -0.15) is 0 Å². The normalized spacial score (nSPS) is 21.6. The Hall–Kier alpha value is -1.55. The molecular formula is C16H23NO3. The number of rotatable bonds is 5. The number of carboxylic acid groups (broad SMARTS) is 1. The first kappa shape index (κ1) is 14.9.